The van der Waals surface area contributed by atoms with Crippen LogP contribution in [0.1, 0.15) is 34.9 Å². The van der Waals surface area contributed by atoms with Crippen LogP contribution in [-0.2, 0) is 0 Å². The monoisotopic (exact) mass is 371 g/mol. The maximum atomic E-state index is 13.3. The number of aromatic nitrogens is 2. The van der Waals surface area contributed by atoms with E-state index in [1.165, 1.54) is 23.1 Å². The van der Waals surface area contributed by atoms with E-state index in [1.54, 1.807) is 12.4 Å². The third-order valence-corrected chi connectivity index (χ3v) is 4.23. The maximum Gasteiger partial charge on any atom is 0.461 e. The van der Waals surface area contributed by atoms with Gasteiger partial charge in [-0.1, -0.05) is 12.1 Å². The van der Waals surface area contributed by atoms with Gasteiger partial charge in [-0.25, -0.2) is 4.98 Å². The van der Waals surface area contributed by atoms with Gasteiger partial charge in [-0.3, -0.25) is 4.79 Å². The van der Waals surface area contributed by atoms with Crippen molar-refractivity contribution in [2.24, 2.45) is 0 Å². The summed E-state index contributed by atoms with van der Waals surface area (Å²) in [5.74, 6) is -0.362. The number of hydrogen-bond acceptors (Lipinski definition) is 3. The number of imidazole rings is 1. The van der Waals surface area contributed by atoms with Crippen molar-refractivity contribution in [1.82, 2.24) is 14.9 Å². The van der Waals surface area contributed by atoms with Gasteiger partial charge in [-0.2, -0.15) is 17.6 Å². The van der Waals surface area contributed by atoms with Crippen molar-refractivity contribution < 1.29 is 27.1 Å². The highest BCUT2D eigenvalue weighted by molar-refractivity contribution is 5.97. The van der Waals surface area contributed by atoms with Crippen LogP contribution in [-0.4, -0.2) is 46.4 Å². The highest BCUT2D eigenvalue weighted by atomic mass is 19.3. The van der Waals surface area contributed by atoms with Crippen LogP contribution in [0.4, 0.5) is 17.6 Å². The minimum absolute atomic E-state index is 0.00159. The molecular weight excluding hydrogens is 354 g/mol. The van der Waals surface area contributed by atoms with Crippen LogP contribution in [0.25, 0.3) is 0 Å². The van der Waals surface area contributed by atoms with Crippen LogP contribution >= 0.6 is 0 Å². The number of nitrogens with one attached hydrogen (secondary N) is 1. The van der Waals surface area contributed by atoms with Crippen molar-refractivity contribution in [3.05, 3.63) is 48.0 Å². The van der Waals surface area contributed by atoms with Gasteiger partial charge in [0.25, 0.3) is 5.91 Å². The predicted molar refractivity (Wildman–Crippen MR) is 84.5 cm³/mol. The van der Waals surface area contributed by atoms with Gasteiger partial charge in [-0.05, 0) is 25.0 Å². The molecule has 1 amide bonds. The van der Waals surface area contributed by atoms with E-state index in [0.29, 0.717) is 19.5 Å². The molecule has 5 nitrogen and oxygen atoms in total. The Morgan fingerprint density at radius 3 is 2.81 bits per heavy atom. The lowest BCUT2D eigenvalue weighted by molar-refractivity contribution is -0.253. The number of ether oxygens (including phenoxy) is 1. The minimum atomic E-state index is -4.67. The van der Waals surface area contributed by atoms with Gasteiger partial charge >= 0.3 is 12.5 Å². The molecule has 0 aliphatic carbocycles. The lowest BCUT2D eigenvalue weighted by Gasteiger charge is -2.32. The molecule has 1 aliphatic heterocycles. The van der Waals surface area contributed by atoms with Gasteiger partial charge in [0.05, 0.1) is 5.56 Å². The SMILES string of the molecule is O=C(c1ccccc1OC(F)(F)C(F)F)N1CCC[C@H](c2ncc[nH]2)C1. The first-order valence-electron chi connectivity index (χ1n) is 8.11. The molecule has 0 radical (unpaired) electrons. The van der Waals surface area contributed by atoms with E-state index in [4.69, 9.17) is 0 Å². The molecule has 26 heavy (non-hydrogen) atoms. The van der Waals surface area contributed by atoms with E-state index in [9.17, 15) is 22.4 Å². The summed E-state index contributed by atoms with van der Waals surface area (Å²) in [6, 6.07) is 5.18. The zero-order valence-corrected chi connectivity index (χ0v) is 13.7. The zero-order valence-electron chi connectivity index (χ0n) is 13.7. The fourth-order valence-corrected chi connectivity index (χ4v) is 2.98. The summed E-state index contributed by atoms with van der Waals surface area (Å²) in [4.78, 5) is 21.5. The first kappa shape index (κ1) is 18.2. The maximum absolute atomic E-state index is 13.3. The van der Waals surface area contributed by atoms with Gasteiger partial charge in [-0.15, -0.1) is 0 Å². The third-order valence-electron chi connectivity index (χ3n) is 4.23. The summed E-state index contributed by atoms with van der Waals surface area (Å²) in [6.07, 6.45) is -3.82. The highest BCUT2D eigenvalue weighted by Crippen LogP contribution is 2.32. The Morgan fingerprint density at radius 1 is 1.35 bits per heavy atom. The number of benzene rings is 1. The molecule has 140 valence electrons. The normalized spacial score (nSPS) is 18.2. The molecule has 0 bridgehead atoms. The van der Waals surface area contributed by atoms with Crippen LogP contribution in [0.15, 0.2) is 36.7 Å². The van der Waals surface area contributed by atoms with Gasteiger partial charge in [0.1, 0.15) is 11.6 Å². The average Bonchev–Trinajstić information content (AvgIpc) is 3.16. The van der Waals surface area contributed by atoms with Gasteiger partial charge in [0.15, 0.2) is 0 Å². The largest absolute Gasteiger partial charge is 0.461 e. The first-order chi connectivity index (χ1) is 12.4. The van der Waals surface area contributed by atoms with E-state index < -0.39 is 24.2 Å². The number of carbonyl (C=O) groups excluding carboxylic acids is 1. The zero-order chi connectivity index (χ0) is 18.7. The van der Waals surface area contributed by atoms with Crippen molar-refractivity contribution >= 4 is 5.91 Å². The average molecular weight is 371 g/mol. The molecular formula is C17H17F4N3O2. The molecule has 0 unspecified atom stereocenters. The van der Waals surface area contributed by atoms with Gasteiger partial charge in [0.2, 0.25) is 0 Å². The molecule has 3 rings (SSSR count). The molecule has 9 heteroatoms. The number of rotatable bonds is 5. The van der Waals surface area contributed by atoms with Crippen molar-refractivity contribution in [3.63, 3.8) is 0 Å². The summed E-state index contributed by atoms with van der Waals surface area (Å²) >= 11 is 0. The molecule has 1 fully saturated rings. The Balaban J connectivity index is 1.79. The van der Waals surface area contributed by atoms with Crippen LogP contribution in [0.3, 0.4) is 0 Å². The summed E-state index contributed by atoms with van der Waals surface area (Å²) in [5.41, 5.74) is -0.173. The van der Waals surface area contributed by atoms with E-state index in [-0.39, 0.29) is 11.5 Å². The Labute approximate surface area is 147 Å². The van der Waals surface area contributed by atoms with E-state index in [0.717, 1.165) is 18.3 Å². The first-order valence-corrected chi connectivity index (χ1v) is 8.11. The Kier molecular flexibility index (Phi) is 5.15. The lowest BCUT2D eigenvalue weighted by Crippen LogP contribution is -2.40. The van der Waals surface area contributed by atoms with Crippen LogP contribution < -0.4 is 4.74 Å². The molecule has 2 heterocycles. The molecule has 1 saturated heterocycles. The van der Waals surface area contributed by atoms with Crippen molar-refractivity contribution in [2.45, 2.75) is 31.3 Å². The lowest BCUT2D eigenvalue weighted by atomic mass is 9.96. The number of halogens is 4. The quantitative estimate of drug-likeness (QED) is 0.816. The smallest absolute Gasteiger partial charge is 0.427 e. The second-order valence-electron chi connectivity index (χ2n) is 6.03. The number of aromatic amines is 1. The molecule has 0 spiro atoms. The topological polar surface area (TPSA) is 58.2 Å². The van der Waals surface area contributed by atoms with Crippen LogP contribution in [0, 0.1) is 0 Å². The molecule has 1 atom stereocenters. The molecule has 0 saturated carbocycles. The second-order valence-corrected chi connectivity index (χ2v) is 6.03. The van der Waals surface area contributed by atoms with Crippen LogP contribution in [0.5, 0.6) is 5.75 Å². The number of para-hydroxylation sites is 1. The standard InChI is InChI=1S/C17H17F4N3O2/c18-16(19)17(20,21)26-13-6-2-1-5-12(13)15(25)24-9-3-4-11(10-24)14-22-7-8-23-14/h1-2,5-8,11,16H,3-4,9-10H2,(H,22,23)/t11-/m0/s1. The number of piperidine rings is 1. The number of nitrogens with zero attached hydrogens (tertiary/aromatic N) is 2. The fourth-order valence-electron chi connectivity index (χ4n) is 2.98. The number of amides is 1. The minimum Gasteiger partial charge on any atom is -0.427 e. The summed E-state index contributed by atoms with van der Waals surface area (Å²) < 4.78 is 55.5. The molecule has 1 aromatic heterocycles. The summed E-state index contributed by atoms with van der Waals surface area (Å²) in [5, 5.41) is 0. The van der Waals surface area contributed by atoms with Gasteiger partial charge < -0.3 is 14.6 Å². The van der Waals surface area contributed by atoms with Gasteiger partial charge in [0, 0.05) is 31.4 Å². The number of H-pyrrole nitrogens is 1. The highest BCUT2D eigenvalue weighted by Gasteiger charge is 2.44. The van der Waals surface area contributed by atoms with Crippen molar-refractivity contribution in [3.8, 4) is 5.75 Å². The number of hydrogen-bond donors (Lipinski definition) is 1. The van der Waals surface area contributed by atoms with Crippen molar-refractivity contribution in [1.29, 1.82) is 0 Å². The van der Waals surface area contributed by atoms with Crippen molar-refractivity contribution in [2.75, 3.05) is 13.1 Å². The number of alkyl halides is 4. The molecule has 1 aliphatic rings. The third kappa shape index (κ3) is 3.81. The number of likely N-dealkylation sites (tertiary alicyclic amines) is 1. The molecule has 2 aromatic rings. The van der Waals surface area contributed by atoms with E-state index >= 15 is 0 Å². The van der Waals surface area contributed by atoms with Crippen LogP contribution in [0.2, 0.25) is 0 Å². The Morgan fingerprint density at radius 2 is 2.12 bits per heavy atom. The summed E-state index contributed by atoms with van der Waals surface area (Å²) in [6.45, 7) is 0.793. The predicted octanol–water partition coefficient (Wildman–Crippen LogP) is 3.67. The van der Waals surface area contributed by atoms with E-state index in [1.807, 2.05) is 0 Å². The Bertz CT molecular complexity index is 752. The van der Waals surface area contributed by atoms with E-state index in [2.05, 4.69) is 14.7 Å². The summed E-state index contributed by atoms with van der Waals surface area (Å²) in [7, 11) is 0. The molecule has 1 aromatic carbocycles. The Hall–Kier alpha value is -2.58. The molecule has 1 N–H and O–H groups in total. The fraction of sp³-hybridized carbons (Fsp3) is 0.412. The number of carbonyl (C=O) groups is 1. The second kappa shape index (κ2) is 7.35.